The van der Waals surface area contributed by atoms with E-state index in [0.717, 1.165) is 29.5 Å². The molecule has 3 aliphatic heterocycles. The number of benzene rings is 2. The number of piperidine rings is 1. The van der Waals surface area contributed by atoms with Gasteiger partial charge < -0.3 is 24.2 Å². The number of anilines is 1. The van der Waals surface area contributed by atoms with Crippen molar-refractivity contribution in [3.05, 3.63) is 83.4 Å². The van der Waals surface area contributed by atoms with E-state index in [1.165, 1.54) is 0 Å². The number of aryl methyl sites for hydroxylation is 1. The van der Waals surface area contributed by atoms with Crippen LogP contribution in [-0.4, -0.2) is 62.7 Å². The number of hydrogen-bond acceptors (Lipinski definition) is 7. The third kappa shape index (κ3) is 6.93. The summed E-state index contributed by atoms with van der Waals surface area (Å²) in [7, 11) is 0. The fourth-order valence-electron chi connectivity index (χ4n) is 6.42. The number of rotatable bonds is 3. The van der Waals surface area contributed by atoms with Crippen molar-refractivity contribution in [2.45, 2.75) is 84.2 Å². The van der Waals surface area contributed by atoms with E-state index in [2.05, 4.69) is 22.7 Å². The Hall–Kier alpha value is -4.72. The maximum absolute atomic E-state index is 12.8. The Morgan fingerprint density at radius 1 is 1.12 bits per heavy atom. The molecule has 1 N–H and O–H groups in total. The first-order valence-corrected chi connectivity index (χ1v) is 16.5. The van der Waals surface area contributed by atoms with Crippen molar-refractivity contribution in [1.29, 1.82) is 0 Å². The van der Waals surface area contributed by atoms with Crippen LogP contribution in [0.5, 0.6) is 5.75 Å². The van der Waals surface area contributed by atoms with E-state index in [-0.39, 0.29) is 11.7 Å². The summed E-state index contributed by atoms with van der Waals surface area (Å²) in [5, 5.41) is 15.6. The molecule has 7 rings (SSSR count). The number of aromatic nitrogens is 3. The Morgan fingerprint density at radius 2 is 1.88 bits per heavy atom. The Bertz CT molecular complexity index is 1910. The number of hydrogen-bond donors (Lipinski definition) is 1. The maximum atomic E-state index is 12.8. The summed E-state index contributed by atoms with van der Waals surface area (Å²) in [6.07, 6.45) is 5.00. The van der Waals surface area contributed by atoms with E-state index in [9.17, 15) is 9.90 Å². The lowest BCUT2D eigenvalue weighted by Gasteiger charge is -2.41. The van der Waals surface area contributed by atoms with Crippen LogP contribution in [0.4, 0.5) is 11.5 Å². The molecule has 0 saturated carbocycles. The quantitative estimate of drug-likeness (QED) is 0.176. The number of ether oxygens (including phenoxy) is 3. The monoisotopic (exact) mass is 649 g/mol. The van der Waals surface area contributed by atoms with E-state index < -0.39 is 17.7 Å². The fourth-order valence-corrected chi connectivity index (χ4v) is 6.42. The largest absolute Gasteiger partial charge is 0.490 e. The molecule has 4 aromatic rings. The molecule has 3 aliphatic rings. The second kappa shape index (κ2) is 13.1. The van der Waals surface area contributed by atoms with Gasteiger partial charge in [-0.3, -0.25) is 0 Å². The molecule has 48 heavy (non-hydrogen) atoms. The van der Waals surface area contributed by atoms with Crippen LogP contribution in [0.25, 0.3) is 32.9 Å². The van der Waals surface area contributed by atoms with E-state index >= 15 is 0 Å². The summed E-state index contributed by atoms with van der Waals surface area (Å²) in [6, 6.07) is 15.4. The number of carboxylic acid groups (broad SMARTS) is 1. The molecular weight excluding hydrogens is 606 g/mol. The number of nitrogens with zero attached hydrogens (tertiary/aromatic N) is 5. The third-order valence-corrected chi connectivity index (χ3v) is 8.94. The van der Waals surface area contributed by atoms with E-state index in [4.69, 9.17) is 30.9 Å². The van der Waals surface area contributed by atoms with Crippen molar-refractivity contribution in [3.63, 3.8) is 0 Å². The number of carboxylic acids is 1. The summed E-state index contributed by atoms with van der Waals surface area (Å²) in [5.74, 6) is 0.284. The topological polar surface area (TPSA) is 103 Å². The van der Waals surface area contributed by atoms with Crippen LogP contribution in [0, 0.1) is 13.5 Å². The minimum absolute atomic E-state index is 0.0938. The van der Waals surface area contributed by atoms with Crippen molar-refractivity contribution >= 4 is 23.1 Å². The lowest BCUT2D eigenvalue weighted by Crippen LogP contribution is -2.45. The maximum Gasteiger partial charge on any atom is 0.337 e. The van der Waals surface area contributed by atoms with Crippen LogP contribution in [0.2, 0.25) is 0 Å². The Morgan fingerprint density at radius 3 is 2.58 bits per heavy atom. The van der Waals surface area contributed by atoms with Crippen LogP contribution in [-0.2, 0) is 14.3 Å². The van der Waals surface area contributed by atoms with Gasteiger partial charge in [-0.2, -0.15) is 9.61 Å². The van der Waals surface area contributed by atoms with Gasteiger partial charge in [-0.05, 0) is 78.1 Å². The van der Waals surface area contributed by atoms with Crippen LogP contribution in [0.3, 0.4) is 0 Å². The molecule has 2 atom stereocenters. The average Bonchev–Trinajstić information content (AvgIpc) is 3.46. The smallest absolute Gasteiger partial charge is 0.337 e. The highest BCUT2D eigenvalue weighted by Gasteiger charge is 2.37. The van der Waals surface area contributed by atoms with Crippen molar-refractivity contribution in [2.24, 2.45) is 0 Å². The lowest BCUT2D eigenvalue weighted by molar-refractivity contribution is -0.160. The molecule has 1 saturated heterocycles. The second-order valence-corrected chi connectivity index (χ2v) is 13.9. The lowest BCUT2D eigenvalue weighted by atomic mass is 9.92. The first-order valence-electron chi connectivity index (χ1n) is 16.5. The standard InChI is InChI=1S/C38H43N5O5/c1-24-11-8-9-20-46-38(6)16-18-42(19-17-38)35-33(34(36(44)45)48-37(3,4)5)25(2)40-32-23-30(41-43(32)35)27-13-10-12-26(21-27)29-22-28(39-7)14-15-31(29)47-24/h8-10,12-15,21-24,34H,11,16-20H2,1-6H3,(H,44,45)/b9-8-/t24-,34-/m0/s1. The molecule has 5 heterocycles. The van der Waals surface area contributed by atoms with Crippen molar-refractivity contribution in [1.82, 2.24) is 14.6 Å². The summed E-state index contributed by atoms with van der Waals surface area (Å²) in [5.41, 5.74) is 4.40. The highest BCUT2D eigenvalue weighted by Crippen LogP contribution is 2.40. The highest BCUT2D eigenvalue weighted by atomic mass is 16.5. The molecule has 0 amide bonds. The van der Waals surface area contributed by atoms with Gasteiger partial charge in [0.25, 0.3) is 0 Å². The zero-order valence-corrected chi connectivity index (χ0v) is 28.5. The summed E-state index contributed by atoms with van der Waals surface area (Å²) in [4.78, 5) is 23.6. The van der Waals surface area contributed by atoms with Crippen LogP contribution in [0.15, 0.2) is 60.7 Å². The molecule has 0 radical (unpaired) electrons. The Labute approximate surface area is 281 Å². The van der Waals surface area contributed by atoms with Gasteiger partial charge in [0.1, 0.15) is 11.6 Å². The molecule has 0 unspecified atom stereocenters. The molecule has 2 aromatic carbocycles. The van der Waals surface area contributed by atoms with E-state index in [1.54, 1.807) is 10.6 Å². The molecule has 0 aliphatic carbocycles. The zero-order chi connectivity index (χ0) is 34.2. The molecular formula is C38H43N5O5. The average molecular weight is 650 g/mol. The van der Waals surface area contributed by atoms with Crippen molar-refractivity contribution in [3.8, 4) is 28.1 Å². The van der Waals surface area contributed by atoms with E-state index in [1.807, 2.05) is 83.2 Å². The van der Waals surface area contributed by atoms with Crippen molar-refractivity contribution in [2.75, 3.05) is 24.6 Å². The van der Waals surface area contributed by atoms with Crippen LogP contribution < -0.4 is 9.64 Å². The molecule has 250 valence electrons. The minimum Gasteiger partial charge on any atom is -0.490 e. The number of carbonyl (C=O) groups is 1. The normalized spacial score (nSPS) is 21.3. The third-order valence-electron chi connectivity index (χ3n) is 8.94. The minimum atomic E-state index is -1.25. The van der Waals surface area contributed by atoms with Gasteiger partial charge in [0.2, 0.25) is 0 Å². The molecule has 10 nitrogen and oxygen atoms in total. The molecule has 10 heteroatoms. The fraction of sp³-hybridized carbons (Fsp3) is 0.421. The number of fused-ring (bicyclic) bond motifs is 7. The summed E-state index contributed by atoms with van der Waals surface area (Å²) in [6.45, 7) is 21.0. The van der Waals surface area contributed by atoms with Gasteiger partial charge in [-0.1, -0.05) is 36.4 Å². The molecule has 1 fully saturated rings. The van der Waals surface area contributed by atoms with Gasteiger partial charge in [-0.25, -0.2) is 14.6 Å². The zero-order valence-electron chi connectivity index (χ0n) is 28.5. The van der Waals surface area contributed by atoms with Crippen LogP contribution >= 0.6 is 0 Å². The van der Waals surface area contributed by atoms with Crippen LogP contribution in [0.1, 0.15) is 71.2 Å². The van der Waals surface area contributed by atoms with Gasteiger partial charge in [-0.15, -0.1) is 0 Å². The number of aliphatic carboxylic acids is 1. The Balaban J connectivity index is 1.55. The van der Waals surface area contributed by atoms with Gasteiger partial charge >= 0.3 is 5.97 Å². The Kier molecular flexibility index (Phi) is 9.03. The van der Waals surface area contributed by atoms with Gasteiger partial charge in [0.05, 0.1) is 41.7 Å². The predicted octanol–water partition coefficient (Wildman–Crippen LogP) is 7.97. The van der Waals surface area contributed by atoms with Gasteiger partial charge in [0.15, 0.2) is 17.4 Å². The van der Waals surface area contributed by atoms with E-state index in [0.29, 0.717) is 66.0 Å². The SMILES string of the molecule is [C-]#[N+]c1ccc2c(c1)-c1cccc(c1)-c1cc3nc(C)c([C@H](OC(C)(C)C)C(=O)O)c(n3n1)N1CCC(C)(CC1)OC/C=C\C[C@H](C)O2. The highest BCUT2D eigenvalue weighted by molar-refractivity contribution is 5.81. The van der Waals surface area contributed by atoms with Gasteiger partial charge in [0, 0.05) is 42.4 Å². The second-order valence-electron chi connectivity index (χ2n) is 13.9. The van der Waals surface area contributed by atoms with Crippen molar-refractivity contribution < 1.29 is 24.1 Å². The summed E-state index contributed by atoms with van der Waals surface area (Å²) >= 11 is 0. The first kappa shape index (κ1) is 33.2. The first-order chi connectivity index (χ1) is 22.8. The molecule has 0 spiro atoms. The predicted molar refractivity (Wildman–Crippen MR) is 186 cm³/mol. The molecule has 6 bridgehead atoms. The summed E-state index contributed by atoms with van der Waals surface area (Å²) < 4.78 is 20.8. The molecule has 2 aromatic heterocycles.